The third-order valence-corrected chi connectivity index (χ3v) is 4.03. The van der Waals surface area contributed by atoms with Gasteiger partial charge in [0.25, 0.3) is 0 Å². The van der Waals surface area contributed by atoms with Gasteiger partial charge in [-0.15, -0.1) is 11.3 Å². The maximum absolute atomic E-state index is 4.47. The van der Waals surface area contributed by atoms with Crippen LogP contribution in [0.5, 0.6) is 0 Å². The minimum Gasteiger partial charge on any atom is -0.314 e. The van der Waals surface area contributed by atoms with Gasteiger partial charge in [-0.05, 0) is 30.8 Å². The summed E-state index contributed by atoms with van der Waals surface area (Å²) >= 11 is 1.75. The fourth-order valence-corrected chi connectivity index (χ4v) is 3.04. The normalized spacial score (nSPS) is 13.0. The minimum absolute atomic E-state index is 0.537. The molecule has 1 N–H and O–H groups in total. The van der Waals surface area contributed by atoms with Gasteiger partial charge in [0, 0.05) is 12.5 Å². The zero-order valence-corrected chi connectivity index (χ0v) is 12.0. The van der Waals surface area contributed by atoms with Crippen molar-refractivity contribution in [1.29, 1.82) is 0 Å². The number of rotatable bonds is 7. The molecular weight excluding hydrogens is 242 g/mol. The van der Waals surface area contributed by atoms with Crippen LogP contribution in [-0.4, -0.2) is 22.6 Å². The lowest BCUT2D eigenvalue weighted by Crippen LogP contribution is -2.32. The van der Waals surface area contributed by atoms with Crippen LogP contribution in [0.15, 0.2) is 17.8 Å². The van der Waals surface area contributed by atoms with E-state index in [1.165, 1.54) is 29.7 Å². The summed E-state index contributed by atoms with van der Waals surface area (Å²) in [5.41, 5.74) is 2.27. The Morgan fingerprint density at radius 3 is 2.94 bits per heavy atom. The summed E-state index contributed by atoms with van der Waals surface area (Å²) in [6.07, 6.45) is 6.29. The van der Waals surface area contributed by atoms with Crippen molar-refractivity contribution < 1.29 is 0 Å². The lowest BCUT2D eigenvalue weighted by molar-refractivity contribution is 0.470. The summed E-state index contributed by atoms with van der Waals surface area (Å²) in [5.74, 6) is 0. The van der Waals surface area contributed by atoms with Gasteiger partial charge in [-0.2, -0.15) is 0 Å². The van der Waals surface area contributed by atoms with Crippen molar-refractivity contribution in [1.82, 2.24) is 15.3 Å². The fourth-order valence-electron chi connectivity index (χ4n) is 2.19. The Bertz CT molecular complexity index is 481. The third kappa shape index (κ3) is 3.27. The van der Waals surface area contributed by atoms with Crippen molar-refractivity contribution in [2.24, 2.45) is 0 Å². The summed E-state index contributed by atoms with van der Waals surface area (Å²) < 4.78 is 1.25. The quantitative estimate of drug-likeness (QED) is 0.832. The van der Waals surface area contributed by atoms with Crippen molar-refractivity contribution in [2.45, 2.75) is 45.6 Å². The molecule has 1 atom stereocenters. The second-order valence-electron chi connectivity index (χ2n) is 4.60. The summed E-state index contributed by atoms with van der Waals surface area (Å²) in [4.78, 5) is 8.76. The molecule has 0 aliphatic rings. The third-order valence-electron chi connectivity index (χ3n) is 3.08. The number of thiophene rings is 1. The standard InChI is InChI=1S/C14H21N3S/c1-3-5-11(15-7-4-2)9-13-14-12(6-8-18-14)16-10-17-13/h6,8,10-11,15H,3-5,7,9H2,1-2H3. The van der Waals surface area contributed by atoms with Crippen molar-refractivity contribution in [2.75, 3.05) is 6.54 Å². The van der Waals surface area contributed by atoms with Crippen LogP contribution in [0, 0.1) is 0 Å². The van der Waals surface area contributed by atoms with E-state index in [2.05, 4.69) is 40.6 Å². The van der Waals surface area contributed by atoms with Crippen molar-refractivity contribution in [3.63, 3.8) is 0 Å². The van der Waals surface area contributed by atoms with E-state index < -0.39 is 0 Å². The zero-order valence-electron chi connectivity index (χ0n) is 11.1. The molecule has 3 nitrogen and oxygen atoms in total. The molecule has 18 heavy (non-hydrogen) atoms. The van der Waals surface area contributed by atoms with Gasteiger partial charge in [-0.1, -0.05) is 20.3 Å². The molecule has 0 aromatic carbocycles. The van der Waals surface area contributed by atoms with E-state index in [-0.39, 0.29) is 0 Å². The van der Waals surface area contributed by atoms with E-state index in [1.54, 1.807) is 17.7 Å². The summed E-state index contributed by atoms with van der Waals surface area (Å²) in [6, 6.07) is 2.61. The maximum Gasteiger partial charge on any atom is 0.116 e. The van der Waals surface area contributed by atoms with E-state index in [0.29, 0.717) is 6.04 Å². The van der Waals surface area contributed by atoms with Gasteiger partial charge in [-0.25, -0.2) is 9.97 Å². The predicted molar refractivity (Wildman–Crippen MR) is 78.1 cm³/mol. The number of nitrogens with zero attached hydrogens (tertiary/aromatic N) is 2. The fraction of sp³-hybridized carbons (Fsp3) is 0.571. The number of hydrogen-bond acceptors (Lipinski definition) is 4. The first-order valence-corrected chi connectivity index (χ1v) is 7.63. The Morgan fingerprint density at radius 1 is 1.28 bits per heavy atom. The van der Waals surface area contributed by atoms with Crippen LogP contribution in [0.25, 0.3) is 10.2 Å². The highest BCUT2D eigenvalue weighted by molar-refractivity contribution is 7.17. The number of hydrogen-bond donors (Lipinski definition) is 1. The first-order chi connectivity index (χ1) is 8.85. The number of aromatic nitrogens is 2. The molecule has 0 fully saturated rings. The van der Waals surface area contributed by atoms with Gasteiger partial charge in [0.05, 0.1) is 15.9 Å². The van der Waals surface area contributed by atoms with Gasteiger partial charge in [0.1, 0.15) is 6.33 Å². The van der Waals surface area contributed by atoms with Gasteiger partial charge in [-0.3, -0.25) is 0 Å². The Hall–Kier alpha value is -1.000. The lowest BCUT2D eigenvalue weighted by atomic mass is 10.1. The average molecular weight is 263 g/mol. The molecule has 0 bridgehead atoms. The Balaban J connectivity index is 2.12. The first kappa shape index (κ1) is 13.4. The van der Waals surface area contributed by atoms with Crippen LogP contribution in [-0.2, 0) is 6.42 Å². The van der Waals surface area contributed by atoms with Crippen molar-refractivity contribution in [3.05, 3.63) is 23.5 Å². The van der Waals surface area contributed by atoms with Crippen molar-refractivity contribution >= 4 is 21.6 Å². The highest BCUT2D eigenvalue weighted by atomic mass is 32.1. The van der Waals surface area contributed by atoms with Gasteiger partial charge in [0.2, 0.25) is 0 Å². The van der Waals surface area contributed by atoms with Crippen LogP contribution < -0.4 is 5.32 Å². The highest BCUT2D eigenvalue weighted by Crippen LogP contribution is 2.22. The minimum atomic E-state index is 0.537. The SMILES string of the molecule is CCCNC(CCC)Cc1ncnc2ccsc12. The van der Waals surface area contributed by atoms with Crippen molar-refractivity contribution in [3.8, 4) is 0 Å². The van der Waals surface area contributed by atoms with Gasteiger partial charge in [0.15, 0.2) is 0 Å². The lowest BCUT2D eigenvalue weighted by Gasteiger charge is -2.17. The predicted octanol–water partition coefficient (Wildman–Crippen LogP) is 3.40. The van der Waals surface area contributed by atoms with Crippen LogP contribution in [0.4, 0.5) is 0 Å². The smallest absolute Gasteiger partial charge is 0.116 e. The molecule has 2 rings (SSSR count). The molecule has 0 spiro atoms. The molecule has 2 heterocycles. The second-order valence-corrected chi connectivity index (χ2v) is 5.52. The molecule has 1 unspecified atom stereocenters. The highest BCUT2D eigenvalue weighted by Gasteiger charge is 2.12. The maximum atomic E-state index is 4.47. The summed E-state index contributed by atoms with van der Waals surface area (Å²) in [5, 5.41) is 5.71. The molecule has 0 aliphatic heterocycles. The molecule has 0 saturated heterocycles. The zero-order chi connectivity index (χ0) is 12.8. The van der Waals surface area contributed by atoms with E-state index in [0.717, 1.165) is 18.5 Å². The average Bonchev–Trinajstić information content (AvgIpc) is 2.85. The topological polar surface area (TPSA) is 37.8 Å². The van der Waals surface area contributed by atoms with E-state index >= 15 is 0 Å². The number of nitrogens with one attached hydrogen (secondary N) is 1. The molecule has 4 heteroatoms. The molecule has 2 aromatic heterocycles. The molecule has 0 radical (unpaired) electrons. The van der Waals surface area contributed by atoms with Gasteiger partial charge >= 0.3 is 0 Å². The molecule has 0 saturated carbocycles. The first-order valence-electron chi connectivity index (χ1n) is 6.75. The Kier molecular flexibility index (Phi) is 5.08. The summed E-state index contributed by atoms with van der Waals surface area (Å²) in [6.45, 7) is 5.53. The largest absolute Gasteiger partial charge is 0.314 e. The molecule has 98 valence electrons. The van der Waals surface area contributed by atoms with Crippen LogP contribution in [0.1, 0.15) is 38.8 Å². The molecular formula is C14H21N3S. The molecule has 0 aliphatic carbocycles. The van der Waals surface area contributed by atoms with E-state index in [9.17, 15) is 0 Å². The number of fused-ring (bicyclic) bond motifs is 1. The molecule has 2 aromatic rings. The van der Waals surface area contributed by atoms with Crippen LogP contribution in [0.2, 0.25) is 0 Å². The Morgan fingerprint density at radius 2 is 2.17 bits per heavy atom. The van der Waals surface area contributed by atoms with E-state index in [4.69, 9.17) is 0 Å². The Labute approximate surface area is 113 Å². The molecule has 0 amide bonds. The van der Waals surface area contributed by atoms with Gasteiger partial charge < -0.3 is 5.32 Å². The second kappa shape index (κ2) is 6.81. The monoisotopic (exact) mass is 263 g/mol. The van der Waals surface area contributed by atoms with E-state index in [1.807, 2.05) is 0 Å². The summed E-state index contributed by atoms with van der Waals surface area (Å²) in [7, 11) is 0. The van der Waals surface area contributed by atoms with Crippen LogP contribution >= 0.6 is 11.3 Å². The van der Waals surface area contributed by atoms with Crippen LogP contribution in [0.3, 0.4) is 0 Å².